The quantitative estimate of drug-likeness (QED) is 0.548. The smallest absolute Gasteiger partial charge is 0.506 e. The lowest BCUT2D eigenvalue weighted by Crippen LogP contribution is -2.16. The molecule has 0 unspecified atom stereocenters. The van der Waals surface area contributed by atoms with Crippen molar-refractivity contribution in [2.24, 2.45) is 4.99 Å². The Morgan fingerprint density at radius 2 is 1.43 bits per heavy atom. The van der Waals surface area contributed by atoms with E-state index in [9.17, 15) is 23.1 Å². The first-order valence-corrected chi connectivity index (χ1v) is 8.91. The fraction of sp³-hybridized carbons (Fsp3) is 0.0435. The molecule has 0 saturated heterocycles. The number of benzene rings is 3. The maximum Gasteiger partial charge on any atom is 0.573 e. The molecule has 0 bridgehead atoms. The average Bonchev–Trinajstić information content (AvgIpc) is 2.98. The van der Waals surface area contributed by atoms with Gasteiger partial charge in [0.05, 0.1) is 17.0 Å². The number of aliphatic imine (C=N–C) groups is 1. The van der Waals surface area contributed by atoms with Crippen LogP contribution in [-0.4, -0.2) is 23.0 Å². The van der Waals surface area contributed by atoms with Gasteiger partial charge in [-0.05, 0) is 24.3 Å². The number of aliphatic hydroxyl groups is 1. The minimum atomic E-state index is -4.79. The molecule has 30 heavy (non-hydrogen) atoms. The third-order valence-corrected chi connectivity index (χ3v) is 4.49. The molecular weight excluding hydrogens is 395 g/mol. The Bertz CT molecular complexity index is 1160. The summed E-state index contributed by atoms with van der Waals surface area (Å²) in [5, 5.41) is 10.7. The highest BCUT2D eigenvalue weighted by Crippen LogP contribution is 2.34. The van der Waals surface area contributed by atoms with Crippen molar-refractivity contribution in [1.29, 1.82) is 0 Å². The van der Waals surface area contributed by atoms with E-state index in [2.05, 4.69) is 9.73 Å². The van der Waals surface area contributed by atoms with Crippen LogP contribution in [0.3, 0.4) is 0 Å². The third kappa shape index (κ3) is 3.82. The van der Waals surface area contributed by atoms with Gasteiger partial charge in [0, 0.05) is 16.7 Å². The predicted molar refractivity (Wildman–Crippen MR) is 106 cm³/mol. The molecule has 7 heteroatoms. The number of aliphatic hydroxyl groups excluding tert-OH is 1. The van der Waals surface area contributed by atoms with Gasteiger partial charge in [0.1, 0.15) is 11.5 Å². The third-order valence-electron chi connectivity index (χ3n) is 4.49. The van der Waals surface area contributed by atoms with Gasteiger partial charge in [0.2, 0.25) is 0 Å². The monoisotopic (exact) mass is 409 g/mol. The van der Waals surface area contributed by atoms with Crippen molar-refractivity contribution in [2.45, 2.75) is 6.36 Å². The Kier molecular flexibility index (Phi) is 4.87. The van der Waals surface area contributed by atoms with E-state index in [4.69, 9.17) is 0 Å². The zero-order valence-electron chi connectivity index (χ0n) is 15.4. The van der Waals surface area contributed by atoms with Crippen LogP contribution in [0.2, 0.25) is 0 Å². The molecular formula is C23H14F3NO3. The van der Waals surface area contributed by atoms with E-state index in [-0.39, 0.29) is 28.6 Å². The Hall–Kier alpha value is -3.87. The number of Topliss-reactive ketones (excluding diaryl/α,β-unsaturated/α-hetero) is 1. The van der Waals surface area contributed by atoms with E-state index in [0.717, 1.165) is 12.1 Å². The summed E-state index contributed by atoms with van der Waals surface area (Å²) in [6, 6.07) is 20.4. The van der Waals surface area contributed by atoms with Crippen LogP contribution in [0.1, 0.15) is 21.5 Å². The summed E-state index contributed by atoms with van der Waals surface area (Å²) in [7, 11) is 0. The molecule has 1 aliphatic rings. The van der Waals surface area contributed by atoms with Gasteiger partial charge in [-0.15, -0.1) is 13.2 Å². The first-order valence-electron chi connectivity index (χ1n) is 8.91. The van der Waals surface area contributed by atoms with Gasteiger partial charge in [-0.3, -0.25) is 4.79 Å². The van der Waals surface area contributed by atoms with E-state index in [1.54, 1.807) is 54.6 Å². The van der Waals surface area contributed by atoms with Gasteiger partial charge in [-0.1, -0.05) is 54.6 Å². The number of carbonyl (C=O) groups is 1. The first-order chi connectivity index (χ1) is 14.3. The van der Waals surface area contributed by atoms with Crippen molar-refractivity contribution in [2.75, 3.05) is 0 Å². The molecule has 0 fully saturated rings. The summed E-state index contributed by atoms with van der Waals surface area (Å²) < 4.78 is 41.0. The van der Waals surface area contributed by atoms with Crippen LogP contribution in [0.15, 0.2) is 89.4 Å². The van der Waals surface area contributed by atoms with E-state index in [0.29, 0.717) is 22.4 Å². The Labute approximate surface area is 169 Å². The maximum atomic E-state index is 13.0. The molecule has 0 saturated carbocycles. The number of rotatable bonds is 4. The zero-order chi connectivity index (χ0) is 21.3. The number of allylic oxidation sites excluding steroid dienone is 1. The van der Waals surface area contributed by atoms with Crippen molar-refractivity contribution in [3.8, 4) is 5.75 Å². The van der Waals surface area contributed by atoms with E-state index in [1.807, 2.05) is 0 Å². The summed E-state index contributed by atoms with van der Waals surface area (Å²) >= 11 is 0. The fourth-order valence-corrected chi connectivity index (χ4v) is 3.20. The van der Waals surface area contributed by atoms with Crippen LogP contribution < -0.4 is 4.74 Å². The van der Waals surface area contributed by atoms with Crippen molar-refractivity contribution in [3.63, 3.8) is 0 Å². The van der Waals surface area contributed by atoms with Gasteiger partial charge in [-0.2, -0.15) is 0 Å². The van der Waals surface area contributed by atoms with Crippen LogP contribution in [0.4, 0.5) is 18.9 Å². The van der Waals surface area contributed by atoms with Crippen LogP contribution in [0, 0.1) is 0 Å². The number of hydrogen-bond donors (Lipinski definition) is 1. The predicted octanol–water partition coefficient (Wildman–Crippen LogP) is 5.87. The van der Waals surface area contributed by atoms with Gasteiger partial charge in [0.25, 0.3) is 0 Å². The number of nitrogens with zero attached hydrogens (tertiary/aromatic N) is 1. The van der Waals surface area contributed by atoms with Crippen molar-refractivity contribution < 1.29 is 27.8 Å². The molecule has 0 aliphatic heterocycles. The van der Waals surface area contributed by atoms with Gasteiger partial charge >= 0.3 is 6.36 Å². The second-order valence-electron chi connectivity index (χ2n) is 6.47. The molecule has 0 aromatic heterocycles. The molecule has 0 radical (unpaired) electrons. The molecule has 1 aliphatic carbocycles. The number of hydrogen-bond acceptors (Lipinski definition) is 4. The molecule has 4 rings (SSSR count). The molecule has 4 nitrogen and oxygen atoms in total. The molecule has 1 N–H and O–H groups in total. The summed E-state index contributed by atoms with van der Waals surface area (Å²) in [5.41, 5.74) is 1.91. The number of fused-ring (bicyclic) bond motifs is 1. The molecule has 0 heterocycles. The summed E-state index contributed by atoms with van der Waals surface area (Å²) in [6.45, 7) is 0. The largest absolute Gasteiger partial charge is 0.573 e. The average molecular weight is 409 g/mol. The molecule has 3 aromatic carbocycles. The van der Waals surface area contributed by atoms with E-state index >= 15 is 0 Å². The number of alkyl halides is 3. The van der Waals surface area contributed by atoms with Crippen LogP contribution in [0.25, 0.3) is 5.76 Å². The highest BCUT2D eigenvalue weighted by molar-refractivity contribution is 6.39. The van der Waals surface area contributed by atoms with E-state index in [1.165, 1.54) is 12.1 Å². The number of carbonyl (C=O) groups excluding carboxylic acids is 1. The van der Waals surface area contributed by atoms with Crippen molar-refractivity contribution >= 4 is 22.9 Å². The minimum Gasteiger partial charge on any atom is -0.506 e. The molecule has 3 aromatic rings. The van der Waals surface area contributed by atoms with Crippen LogP contribution in [-0.2, 0) is 0 Å². The zero-order valence-corrected chi connectivity index (χ0v) is 15.4. The molecule has 0 spiro atoms. The second kappa shape index (κ2) is 7.51. The molecule has 0 amide bonds. The highest BCUT2D eigenvalue weighted by Gasteiger charge is 2.33. The Morgan fingerprint density at radius 3 is 2.03 bits per heavy atom. The Morgan fingerprint density at radius 1 is 0.833 bits per heavy atom. The number of ketones is 1. The number of halogens is 3. The van der Waals surface area contributed by atoms with Gasteiger partial charge in [0.15, 0.2) is 5.78 Å². The summed E-state index contributed by atoms with van der Waals surface area (Å²) in [4.78, 5) is 17.5. The van der Waals surface area contributed by atoms with Gasteiger partial charge in [-0.25, -0.2) is 4.99 Å². The first kappa shape index (κ1) is 19.4. The SMILES string of the molecule is O=C1C(C(=Nc2ccc(OC(F)(F)F)cc2)c2ccccc2)=C(O)c2ccccc21. The van der Waals surface area contributed by atoms with Crippen molar-refractivity contribution in [3.05, 3.63) is 101 Å². The minimum absolute atomic E-state index is 0.0398. The summed E-state index contributed by atoms with van der Waals surface area (Å²) in [5.74, 6) is -0.938. The molecule has 0 atom stereocenters. The lowest BCUT2D eigenvalue weighted by Gasteiger charge is -2.10. The highest BCUT2D eigenvalue weighted by atomic mass is 19.4. The normalized spacial score (nSPS) is 14.1. The topological polar surface area (TPSA) is 58.9 Å². The molecule has 150 valence electrons. The van der Waals surface area contributed by atoms with E-state index < -0.39 is 6.36 Å². The fourth-order valence-electron chi connectivity index (χ4n) is 3.20. The lowest BCUT2D eigenvalue weighted by atomic mass is 9.99. The number of ether oxygens (including phenoxy) is 1. The second-order valence-corrected chi connectivity index (χ2v) is 6.47. The van der Waals surface area contributed by atoms with Crippen LogP contribution in [0.5, 0.6) is 5.75 Å². The standard InChI is InChI=1S/C23H14F3NO3/c24-23(25,26)30-16-12-10-15(11-13-16)27-20(14-6-2-1-3-7-14)19-21(28)17-8-4-5-9-18(17)22(19)29/h1-13,28H. The van der Waals surface area contributed by atoms with Gasteiger partial charge < -0.3 is 9.84 Å². The van der Waals surface area contributed by atoms with Crippen molar-refractivity contribution in [1.82, 2.24) is 0 Å². The maximum absolute atomic E-state index is 13.0. The van der Waals surface area contributed by atoms with Crippen LogP contribution >= 0.6 is 0 Å². The Balaban J connectivity index is 1.80. The lowest BCUT2D eigenvalue weighted by molar-refractivity contribution is -0.274. The summed E-state index contributed by atoms with van der Waals surface area (Å²) in [6.07, 6.45) is -4.79.